The predicted molar refractivity (Wildman–Crippen MR) is 76.6 cm³/mol. The average molecular weight is 324 g/mol. The van der Waals surface area contributed by atoms with Crippen molar-refractivity contribution in [3.8, 4) is 0 Å². The number of carbonyl (C=O) groups excluding carboxylic acids is 1. The molecule has 3 rings (SSSR count). The van der Waals surface area contributed by atoms with E-state index in [2.05, 4.69) is 15.5 Å². The molecule has 7 heteroatoms. The average Bonchev–Trinajstić information content (AvgIpc) is 2.46. The lowest BCUT2D eigenvalue weighted by atomic mass is 9.74. The first kappa shape index (κ1) is 14.8. The molecule has 1 fully saturated rings. The van der Waals surface area contributed by atoms with Gasteiger partial charge < -0.3 is 5.32 Å². The van der Waals surface area contributed by atoms with E-state index in [1.807, 2.05) is 0 Å². The zero-order chi connectivity index (χ0) is 15.7. The summed E-state index contributed by atoms with van der Waals surface area (Å²) in [6.07, 6.45) is 2.83. The molecule has 0 saturated heterocycles. The molecule has 1 heterocycles. The molecule has 1 aliphatic carbocycles. The Balaban J connectivity index is 1.74. The molecule has 0 spiro atoms. The first-order chi connectivity index (χ1) is 10.6. The van der Waals surface area contributed by atoms with Crippen LogP contribution in [0.1, 0.15) is 34.7 Å². The molecule has 1 aliphatic rings. The van der Waals surface area contributed by atoms with Crippen molar-refractivity contribution in [1.82, 2.24) is 15.5 Å². The number of hydrogen-bond acceptors (Lipinski definition) is 3. The largest absolute Gasteiger partial charge is 0.349 e. The molecule has 1 aromatic heterocycles. The van der Waals surface area contributed by atoms with Crippen molar-refractivity contribution in [2.45, 2.75) is 24.8 Å². The Kier molecular flexibility index (Phi) is 4.02. The topological polar surface area (TPSA) is 54.9 Å². The number of amides is 1. The van der Waals surface area contributed by atoms with E-state index in [0.29, 0.717) is 5.56 Å². The van der Waals surface area contributed by atoms with Gasteiger partial charge in [0.1, 0.15) is 11.6 Å². The Bertz CT molecular complexity index is 726. The molecule has 1 saturated carbocycles. The van der Waals surface area contributed by atoms with Crippen LogP contribution >= 0.6 is 11.6 Å². The molecule has 0 bridgehead atoms. The smallest absolute Gasteiger partial charge is 0.254 e. The Morgan fingerprint density at radius 1 is 1.27 bits per heavy atom. The molecule has 2 unspecified atom stereocenters. The van der Waals surface area contributed by atoms with Crippen LogP contribution in [-0.4, -0.2) is 22.1 Å². The van der Waals surface area contributed by atoms with E-state index in [1.54, 1.807) is 0 Å². The van der Waals surface area contributed by atoms with Gasteiger partial charge in [-0.3, -0.25) is 4.79 Å². The molecule has 2 atom stereocenters. The molecular weight excluding hydrogens is 312 g/mol. The maximum absolute atomic E-state index is 13.8. The summed E-state index contributed by atoms with van der Waals surface area (Å²) in [6, 6.07) is 4.76. The fraction of sp³-hybridized carbons (Fsp3) is 0.267. The van der Waals surface area contributed by atoms with Gasteiger partial charge >= 0.3 is 0 Å². The standard InChI is InChI=1S/C15H12ClF2N3O/c16-14-11(5-6-19-21-14)15(22)20-13-4-3-10(13)9-2-1-8(17)7-12(9)18/h1-2,5-7,10,13H,3-4H2,(H,20,22). The van der Waals surface area contributed by atoms with Crippen LogP contribution in [0.15, 0.2) is 30.5 Å². The normalized spacial score (nSPS) is 20.3. The maximum atomic E-state index is 13.8. The van der Waals surface area contributed by atoms with Crippen molar-refractivity contribution >= 4 is 17.5 Å². The van der Waals surface area contributed by atoms with Gasteiger partial charge in [0.05, 0.1) is 11.8 Å². The zero-order valence-corrected chi connectivity index (χ0v) is 12.1. The number of carbonyl (C=O) groups is 1. The highest BCUT2D eigenvalue weighted by Crippen LogP contribution is 2.38. The summed E-state index contributed by atoms with van der Waals surface area (Å²) in [5.41, 5.74) is 0.638. The quantitative estimate of drug-likeness (QED) is 0.944. The molecule has 0 aliphatic heterocycles. The van der Waals surface area contributed by atoms with E-state index in [9.17, 15) is 13.6 Å². The van der Waals surface area contributed by atoms with Gasteiger partial charge in [-0.25, -0.2) is 8.78 Å². The van der Waals surface area contributed by atoms with Gasteiger partial charge in [-0.1, -0.05) is 17.7 Å². The first-order valence-electron chi connectivity index (χ1n) is 6.79. The van der Waals surface area contributed by atoms with E-state index >= 15 is 0 Å². The number of hydrogen-bond donors (Lipinski definition) is 1. The van der Waals surface area contributed by atoms with Crippen molar-refractivity contribution in [3.63, 3.8) is 0 Å². The Hall–Kier alpha value is -2.08. The number of aromatic nitrogens is 2. The van der Waals surface area contributed by atoms with Gasteiger partial charge in [0, 0.05) is 18.0 Å². The molecule has 4 nitrogen and oxygen atoms in total. The number of benzene rings is 1. The molecule has 1 amide bonds. The lowest BCUT2D eigenvalue weighted by molar-refractivity contribution is 0.0903. The third-order valence-electron chi connectivity index (χ3n) is 3.87. The van der Waals surface area contributed by atoms with E-state index in [0.717, 1.165) is 18.9 Å². The summed E-state index contributed by atoms with van der Waals surface area (Å²) >= 11 is 5.82. The first-order valence-corrected chi connectivity index (χ1v) is 7.17. The lowest BCUT2D eigenvalue weighted by Gasteiger charge is -2.37. The monoisotopic (exact) mass is 323 g/mol. The van der Waals surface area contributed by atoms with Crippen molar-refractivity contribution < 1.29 is 13.6 Å². The zero-order valence-electron chi connectivity index (χ0n) is 11.4. The summed E-state index contributed by atoms with van der Waals surface area (Å²) < 4.78 is 26.8. The lowest BCUT2D eigenvalue weighted by Crippen LogP contribution is -2.45. The van der Waals surface area contributed by atoms with Gasteiger partial charge in [-0.2, -0.15) is 5.10 Å². The minimum Gasteiger partial charge on any atom is -0.349 e. The molecule has 114 valence electrons. The second-order valence-corrected chi connectivity index (χ2v) is 5.52. The number of nitrogens with one attached hydrogen (secondary N) is 1. The van der Waals surface area contributed by atoms with Gasteiger partial charge in [0.25, 0.3) is 5.91 Å². The van der Waals surface area contributed by atoms with E-state index in [4.69, 9.17) is 11.6 Å². The second-order valence-electron chi connectivity index (χ2n) is 5.17. The van der Waals surface area contributed by atoms with Crippen LogP contribution in [0.2, 0.25) is 5.15 Å². The van der Waals surface area contributed by atoms with Gasteiger partial charge in [-0.15, -0.1) is 5.10 Å². The highest BCUT2D eigenvalue weighted by Gasteiger charge is 2.35. The van der Waals surface area contributed by atoms with Crippen LogP contribution in [-0.2, 0) is 0 Å². The third kappa shape index (κ3) is 2.78. The molecule has 22 heavy (non-hydrogen) atoms. The van der Waals surface area contributed by atoms with Crippen LogP contribution < -0.4 is 5.32 Å². The summed E-state index contributed by atoms with van der Waals surface area (Å²) in [6.45, 7) is 0. The summed E-state index contributed by atoms with van der Waals surface area (Å²) in [7, 11) is 0. The van der Waals surface area contributed by atoms with Crippen molar-refractivity contribution in [1.29, 1.82) is 0 Å². The summed E-state index contributed by atoms with van der Waals surface area (Å²) in [4.78, 5) is 12.2. The molecular formula is C15H12ClF2N3O. The minimum absolute atomic E-state index is 0.0174. The van der Waals surface area contributed by atoms with E-state index < -0.39 is 11.6 Å². The Morgan fingerprint density at radius 3 is 2.73 bits per heavy atom. The van der Waals surface area contributed by atoms with Crippen LogP contribution in [0.3, 0.4) is 0 Å². The van der Waals surface area contributed by atoms with Gasteiger partial charge in [0.2, 0.25) is 0 Å². The summed E-state index contributed by atoms with van der Waals surface area (Å²) in [5.74, 6) is -1.75. The fourth-order valence-corrected chi connectivity index (χ4v) is 2.77. The highest BCUT2D eigenvalue weighted by molar-refractivity contribution is 6.32. The van der Waals surface area contributed by atoms with E-state index in [1.165, 1.54) is 24.4 Å². The number of nitrogens with zero attached hydrogens (tertiary/aromatic N) is 2. The molecule has 1 N–H and O–H groups in total. The molecule has 0 radical (unpaired) electrons. The minimum atomic E-state index is -0.615. The SMILES string of the molecule is O=C(NC1CCC1c1ccc(F)cc1F)c1ccnnc1Cl. The van der Waals surface area contributed by atoms with Crippen LogP contribution in [0.5, 0.6) is 0 Å². The summed E-state index contributed by atoms with van der Waals surface area (Å²) in [5, 5.41) is 10.0. The Morgan fingerprint density at radius 2 is 2.09 bits per heavy atom. The predicted octanol–water partition coefficient (Wildman–Crippen LogP) is 3.08. The second kappa shape index (κ2) is 5.96. The van der Waals surface area contributed by atoms with Crippen molar-refractivity contribution in [2.24, 2.45) is 0 Å². The third-order valence-corrected chi connectivity index (χ3v) is 4.15. The molecule has 1 aromatic carbocycles. The fourth-order valence-electron chi connectivity index (χ4n) is 2.58. The van der Waals surface area contributed by atoms with Gasteiger partial charge in [0.15, 0.2) is 5.15 Å². The van der Waals surface area contributed by atoms with Crippen molar-refractivity contribution in [3.05, 3.63) is 58.4 Å². The van der Waals surface area contributed by atoms with Crippen LogP contribution in [0.4, 0.5) is 8.78 Å². The van der Waals surface area contributed by atoms with E-state index in [-0.39, 0.29) is 28.6 Å². The van der Waals surface area contributed by atoms with Crippen molar-refractivity contribution in [2.75, 3.05) is 0 Å². The number of rotatable bonds is 3. The number of halogens is 3. The maximum Gasteiger partial charge on any atom is 0.254 e. The Labute approximate surface area is 130 Å². The van der Waals surface area contributed by atoms with Crippen LogP contribution in [0, 0.1) is 11.6 Å². The highest BCUT2D eigenvalue weighted by atomic mass is 35.5. The molecule has 2 aromatic rings. The van der Waals surface area contributed by atoms with Crippen LogP contribution in [0.25, 0.3) is 0 Å². The van der Waals surface area contributed by atoms with Gasteiger partial charge in [-0.05, 0) is 30.5 Å².